The lowest BCUT2D eigenvalue weighted by molar-refractivity contribution is -0.171. The van der Waals surface area contributed by atoms with E-state index in [1.807, 2.05) is 0 Å². The SMILES string of the molecule is COC(=O)C(CCC(C)(C)C(=O)O)(Cc1ccc(Cl)cc1)C(=O)OC. The molecule has 0 saturated carbocycles. The fourth-order valence-electron chi connectivity index (χ4n) is 2.49. The number of hydrogen-bond donors (Lipinski definition) is 1. The Morgan fingerprint density at radius 1 is 1.00 bits per heavy atom. The molecule has 0 atom stereocenters. The highest BCUT2D eigenvalue weighted by Gasteiger charge is 2.49. The van der Waals surface area contributed by atoms with E-state index in [4.69, 9.17) is 21.1 Å². The van der Waals surface area contributed by atoms with Crippen LogP contribution in [0.1, 0.15) is 32.3 Å². The second kappa shape index (κ2) is 8.34. The fourth-order valence-corrected chi connectivity index (χ4v) is 2.62. The Hall–Kier alpha value is -2.08. The van der Waals surface area contributed by atoms with E-state index in [9.17, 15) is 19.5 Å². The Bertz CT molecular complexity index is 619. The number of ether oxygens (including phenoxy) is 2. The number of carbonyl (C=O) groups is 3. The van der Waals surface area contributed by atoms with Crippen LogP contribution in [0.15, 0.2) is 24.3 Å². The van der Waals surface area contributed by atoms with E-state index >= 15 is 0 Å². The van der Waals surface area contributed by atoms with Crippen LogP contribution in [0.4, 0.5) is 0 Å². The summed E-state index contributed by atoms with van der Waals surface area (Å²) in [5.74, 6) is -2.52. The molecule has 0 unspecified atom stereocenters. The number of hydrogen-bond acceptors (Lipinski definition) is 5. The van der Waals surface area contributed by atoms with Crippen molar-refractivity contribution in [1.29, 1.82) is 0 Å². The number of benzene rings is 1. The molecule has 0 aliphatic heterocycles. The number of aliphatic carboxylic acids is 1. The molecule has 0 heterocycles. The highest BCUT2D eigenvalue weighted by molar-refractivity contribution is 6.30. The molecular formula is C18H23ClO6. The molecule has 0 spiro atoms. The van der Waals surface area contributed by atoms with Gasteiger partial charge in [0.2, 0.25) is 0 Å². The quantitative estimate of drug-likeness (QED) is 0.558. The van der Waals surface area contributed by atoms with Gasteiger partial charge in [-0.1, -0.05) is 23.7 Å². The van der Waals surface area contributed by atoms with Gasteiger partial charge in [-0.2, -0.15) is 0 Å². The van der Waals surface area contributed by atoms with Crippen molar-refractivity contribution < 1.29 is 29.0 Å². The molecule has 0 radical (unpaired) electrons. The Balaban J connectivity index is 3.26. The highest BCUT2D eigenvalue weighted by atomic mass is 35.5. The molecule has 7 heteroatoms. The standard InChI is InChI=1S/C18H23ClO6/c1-17(2,14(20)21)9-10-18(15(22)24-3,16(23)25-4)11-12-5-7-13(19)8-6-12/h5-8H,9-11H2,1-4H3,(H,20,21). The topological polar surface area (TPSA) is 89.9 Å². The number of carbonyl (C=O) groups excluding carboxylic acids is 2. The first-order valence-electron chi connectivity index (χ1n) is 7.74. The summed E-state index contributed by atoms with van der Waals surface area (Å²) in [5.41, 5.74) is -2.04. The van der Waals surface area contributed by atoms with Crippen molar-refractivity contribution in [3.8, 4) is 0 Å². The molecular weight excluding hydrogens is 348 g/mol. The van der Waals surface area contributed by atoms with Gasteiger partial charge in [-0.15, -0.1) is 0 Å². The molecule has 0 saturated heterocycles. The van der Waals surface area contributed by atoms with Crippen LogP contribution >= 0.6 is 11.6 Å². The molecule has 0 amide bonds. The summed E-state index contributed by atoms with van der Waals surface area (Å²) in [7, 11) is 2.37. The predicted molar refractivity (Wildman–Crippen MR) is 92.3 cm³/mol. The Morgan fingerprint density at radius 2 is 1.48 bits per heavy atom. The van der Waals surface area contributed by atoms with Crippen LogP contribution in [0, 0.1) is 10.8 Å². The third-order valence-electron chi connectivity index (χ3n) is 4.33. The fraction of sp³-hybridized carbons (Fsp3) is 0.500. The smallest absolute Gasteiger partial charge is 0.323 e. The molecule has 0 aromatic heterocycles. The van der Waals surface area contributed by atoms with Gasteiger partial charge in [-0.25, -0.2) is 0 Å². The summed E-state index contributed by atoms with van der Waals surface area (Å²) in [6, 6.07) is 6.70. The second-order valence-corrected chi connectivity index (χ2v) is 6.99. The summed E-state index contributed by atoms with van der Waals surface area (Å²) in [6.45, 7) is 3.08. The van der Waals surface area contributed by atoms with Gasteiger partial charge in [0.1, 0.15) is 0 Å². The zero-order valence-electron chi connectivity index (χ0n) is 14.8. The summed E-state index contributed by atoms with van der Waals surface area (Å²) in [4.78, 5) is 36.4. The minimum Gasteiger partial charge on any atom is -0.481 e. The van der Waals surface area contributed by atoms with E-state index in [0.29, 0.717) is 10.6 Å². The number of methoxy groups -OCH3 is 2. The van der Waals surface area contributed by atoms with Gasteiger partial charge in [0.05, 0.1) is 19.6 Å². The van der Waals surface area contributed by atoms with Crippen LogP contribution in [0.2, 0.25) is 5.02 Å². The highest BCUT2D eigenvalue weighted by Crippen LogP contribution is 2.37. The van der Waals surface area contributed by atoms with Crippen molar-refractivity contribution in [3.05, 3.63) is 34.9 Å². The van der Waals surface area contributed by atoms with E-state index in [1.54, 1.807) is 24.3 Å². The molecule has 6 nitrogen and oxygen atoms in total. The summed E-state index contributed by atoms with van der Waals surface area (Å²) in [5, 5.41) is 9.83. The summed E-state index contributed by atoms with van der Waals surface area (Å²) in [6.07, 6.45) is 0.105. The first-order chi connectivity index (χ1) is 11.6. The third-order valence-corrected chi connectivity index (χ3v) is 4.58. The van der Waals surface area contributed by atoms with Crippen LogP contribution in [0.5, 0.6) is 0 Å². The molecule has 1 rings (SSSR count). The number of esters is 2. The Morgan fingerprint density at radius 3 is 1.88 bits per heavy atom. The number of carboxylic acids is 1. The van der Waals surface area contributed by atoms with E-state index < -0.39 is 28.7 Å². The van der Waals surface area contributed by atoms with Crippen molar-refractivity contribution in [2.75, 3.05) is 14.2 Å². The monoisotopic (exact) mass is 370 g/mol. The van der Waals surface area contributed by atoms with Gasteiger partial charge < -0.3 is 14.6 Å². The lowest BCUT2D eigenvalue weighted by Crippen LogP contribution is -2.44. The number of halogens is 1. The minimum absolute atomic E-state index is 0.0196. The van der Waals surface area contributed by atoms with Crippen LogP contribution in [0.3, 0.4) is 0 Å². The molecule has 25 heavy (non-hydrogen) atoms. The predicted octanol–water partition coefficient (Wildman–Crippen LogP) is 3.11. The number of carboxylic acid groups (broad SMARTS) is 1. The third kappa shape index (κ3) is 4.95. The van der Waals surface area contributed by atoms with E-state index in [2.05, 4.69) is 0 Å². The molecule has 0 aliphatic rings. The lowest BCUT2D eigenvalue weighted by atomic mass is 9.73. The summed E-state index contributed by atoms with van der Waals surface area (Å²) < 4.78 is 9.69. The normalized spacial score (nSPS) is 11.7. The van der Waals surface area contributed by atoms with Gasteiger partial charge in [0.25, 0.3) is 0 Å². The van der Waals surface area contributed by atoms with E-state index in [-0.39, 0.29) is 19.3 Å². The maximum absolute atomic E-state index is 12.5. The largest absolute Gasteiger partial charge is 0.481 e. The van der Waals surface area contributed by atoms with Crippen LogP contribution in [0.25, 0.3) is 0 Å². The zero-order valence-corrected chi connectivity index (χ0v) is 15.6. The van der Waals surface area contributed by atoms with E-state index in [0.717, 1.165) is 0 Å². The van der Waals surface area contributed by atoms with Gasteiger partial charge in [-0.3, -0.25) is 14.4 Å². The average Bonchev–Trinajstić information content (AvgIpc) is 2.58. The van der Waals surface area contributed by atoms with Gasteiger partial charge in [0.15, 0.2) is 5.41 Å². The van der Waals surface area contributed by atoms with Crippen LogP contribution in [-0.4, -0.2) is 37.2 Å². The van der Waals surface area contributed by atoms with Crippen molar-refractivity contribution in [2.24, 2.45) is 10.8 Å². The Labute approximate surface area is 152 Å². The molecule has 0 bridgehead atoms. The van der Waals surface area contributed by atoms with Crippen molar-refractivity contribution in [3.63, 3.8) is 0 Å². The molecule has 0 aliphatic carbocycles. The van der Waals surface area contributed by atoms with E-state index in [1.165, 1.54) is 28.1 Å². The minimum atomic E-state index is -1.62. The molecule has 1 aromatic rings. The van der Waals surface area contributed by atoms with Crippen LogP contribution in [-0.2, 0) is 30.3 Å². The maximum atomic E-state index is 12.5. The first-order valence-corrected chi connectivity index (χ1v) is 8.11. The van der Waals surface area contributed by atoms with Crippen LogP contribution < -0.4 is 0 Å². The van der Waals surface area contributed by atoms with Gasteiger partial charge in [-0.05, 0) is 50.8 Å². The molecule has 138 valence electrons. The lowest BCUT2D eigenvalue weighted by Gasteiger charge is -2.31. The van der Waals surface area contributed by atoms with Crippen molar-refractivity contribution >= 4 is 29.5 Å². The molecule has 1 N–H and O–H groups in total. The number of rotatable bonds is 8. The maximum Gasteiger partial charge on any atom is 0.323 e. The van der Waals surface area contributed by atoms with Crippen molar-refractivity contribution in [2.45, 2.75) is 33.1 Å². The summed E-state index contributed by atoms with van der Waals surface area (Å²) >= 11 is 5.87. The average molecular weight is 371 g/mol. The first kappa shape index (κ1) is 21.0. The van der Waals surface area contributed by atoms with Gasteiger partial charge >= 0.3 is 17.9 Å². The molecule has 0 fully saturated rings. The van der Waals surface area contributed by atoms with Gasteiger partial charge in [0, 0.05) is 5.02 Å². The van der Waals surface area contributed by atoms with Crippen molar-refractivity contribution in [1.82, 2.24) is 0 Å². The second-order valence-electron chi connectivity index (χ2n) is 6.56. The zero-order chi connectivity index (χ0) is 19.3. The molecule has 1 aromatic carbocycles. The Kier molecular flexibility index (Phi) is 6.99.